The molecule has 8 heteroatoms. The van der Waals surface area contributed by atoms with Crippen molar-refractivity contribution in [3.05, 3.63) is 348 Å². The van der Waals surface area contributed by atoms with E-state index in [1.807, 2.05) is 179 Å². The summed E-state index contributed by atoms with van der Waals surface area (Å²) in [6.45, 7) is 18.8. The molecule has 468 valence electrons. The van der Waals surface area contributed by atoms with Crippen LogP contribution < -0.4 is 0 Å². The second kappa shape index (κ2) is 36.1. The molecule has 14 rings (SSSR count). The Balaban J connectivity index is 0.000000165. The second-order valence-electron chi connectivity index (χ2n) is 22.7. The summed E-state index contributed by atoms with van der Waals surface area (Å²) < 4.78 is 21.9. The second-order valence-corrected chi connectivity index (χ2v) is 22.7. The SMILES string of the molecule is Cc1[c-]c(-c2nccc3ccc(C(C)C)cc23)cc(C)c1.Cc1[c-]c(-c2nccc3ccc(C)cc23)cc(C)c1.Cc1cccc(-c2[c-]cccc2)n1.Cc1cccc(-c2[c-]cccc2)n1.Cc1cccc(-c2[c-]cccc2)n1.[2H]C([2H])([2H])c1cccc(-c2[c-]cccc2)n1.[Ir+3].[Ir+3]. The van der Waals surface area contributed by atoms with Gasteiger partial charge in [-0.05, 0) is 138 Å². The molecule has 6 aromatic heterocycles. The summed E-state index contributed by atoms with van der Waals surface area (Å²) in [7, 11) is 0. The van der Waals surface area contributed by atoms with Gasteiger partial charge in [0.2, 0.25) is 0 Å². The molecular weight excluding hydrogens is 1500 g/mol. The number of benzene rings is 8. The van der Waals surface area contributed by atoms with E-state index >= 15 is 0 Å². The van der Waals surface area contributed by atoms with Crippen LogP contribution in [0.25, 0.3) is 89.1 Å². The topological polar surface area (TPSA) is 77.3 Å². The third-order valence-corrected chi connectivity index (χ3v) is 14.5. The molecule has 8 aromatic carbocycles. The van der Waals surface area contributed by atoms with E-state index in [1.165, 1.54) is 49.9 Å². The number of aryl methyl sites for hydroxylation is 9. The van der Waals surface area contributed by atoms with Gasteiger partial charge >= 0.3 is 40.2 Å². The van der Waals surface area contributed by atoms with Crippen LogP contribution in [0.2, 0.25) is 0 Å². The Morgan fingerprint density at radius 1 is 0.330 bits per heavy atom. The molecule has 6 nitrogen and oxygen atoms in total. The molecule has 0 aliphatic rings. The first-order valence-electron chi connectivity index (χ1n) is 32.3. The smallest absolute Gasteiger partial charge is 0.304 e. The van der Waals surface area contributed by atoms with Crippen LogP contribution in [0.3, 0.4) is 0 Å². The third-order valence-electron chi connectivity index (χ3n) is 14.5. The van der Waals surface area contributed by atoms with Gasteiger partial charge in [-0.15, -0.1) is 213 Å². The van der Waals surface area contributed by atoms with Crippen LogP contribution in [0.15, 0.2) is 255 Å². The summed E-state index contributed by atoms with van der Waals surface area (Å²) in [5.41, 5.74) is 22.4. The van der Waals surface area contributed by atoms with Gasteiger partial charge in [0, 0.05) is 39.3 Å². The van der Waals surface area contributed by atoms with Gasteiger partial charge in [-0.3, -0.25) is 0 Å². The predicted molar refractivity (Wildman–Crippen MR) is 383 cm³/mol. The van der Waals surface area contributed by atoms with Crippen LogP contribution in [0.4, 0.5) is 0 Å². The Labute approximate surface area is 588 Å². The van der Waals surface area contributed by atoms with Gasteiger partial charge < -0.3 is 29.9 Å². The quantitative estimate of drug-likeness (QED) is 0.148. The molecule has 94 heavy (non-hydrogen) atoms. The molecule has 0 radical (unpaired) electrons. The normalized spacial score (nSPS) is 10.8. The predicted octanol–water partition coefficient (Wildman–Crippen LogP) is 21.5. The molecule has 0 N–H and O–H groups in total. The Bertz CT molecular complexity index is 4550. The third kappa shape index (κ3) is 21.3. The zero-order valence-corrected chi connectivity index (χ0v) is 59.5. The zero-order chi connectivity index (χ0) is 67.3. The first-order valence-corrected chi connectivity index (χ1v) is 30.8. The number of hydrogen-bond donors (Lipinski definition) is 0. The van der Waals surface area contributed by atoms with Crippen molar-refractivity contribution < 1.29 is 44.3 Å². The first kappa shape index (κ1) is 67.4. The van der Waals surface area contributed by atoms with Gasteiger partial charge in [-0.1, -0.05) is 132 Å². The van der Waals surface area contributed by atoms with E-state index in [-0.39, 0.29) is 45.9 Å². The molecule has 14 aromatic rings. The Hall–Kier alpha value is -9.52. The van der Waals surface area contributed by atoms with E-state index in [0.717, 1.165) is 90.1 Å². The number of pyridine rings is 6. The molecule has 0 bridgehead atoms. The van der Waals surface area contributed by atoms with Crippen LogP contribution in [0.5, 0.6) is 0 Å². The van der Waals surface area contributed by atoms with Crippen molar-refractivity contribution in [2.75, 3.05) is 0 Å². The van der Waals surface area contributed by atoms with Crippen molar-refractivity contribution in [1.82, 2.24) is 29.9 Å². The number of hydrogen-bond acceptors (Lipinski definition) is 6. The van der Waals surface area contributed by atoms with Crippen LogP contribution in [0, 0.1) is 98.6 Å². The summed E-state index contributed by atoms with van der Waals surface area (Å²) in [5.74, 6) is 0.519. The number of aromatic nitrogens is 6. The molecule has 0 atom stereocenters. The zero-order valence-electron chi connectivity index (χ0n) is 57.7. The fourth-order valence-corrected chi connectivity index (χ4v) is 10.2. The van der Waals surface area contributed by atoms with E-state index < -0.39 is 6.85 Å². The van der Waals surface area contributed by atoms with E-state index in [2.05, 4.69) is 188 Å². The summed E-state index contributed by atoms with van der Waals surface area (Å²) >= 11 is 0. The van der Waals surface area contributed by atoms with Gasteiger partial charge in [-0.2, -0.15) is 0 Å². The summed E-state index contributed by atoms with van der Waals surface area (Å²) in [6.07, 6.45) is 3.76. The van der Waals surface area contributed by atoms with Crippen molar-refractivity contribution >= 4 is 21.5 Å². The van der Waals surface area contributed by atoms with Gasteiger partial charge in [0.15, 0.2) is 0 Å². The monoisotopic (exact) mass is 1580 g/mol. The van der Waals surface area contributed by atoms with Crippen molar-refractivity contribution in [3.63, 3.8) is 0 Å². The van der Waals surface area contributed by atoms with Crippen molar-refractivity contribution in [1.29, 1.82) is 0 Å². The van der Waals surface area contributed by atoms with Crippen LogP contribution in [0.1, 0.15) is 80.0 Å². The van der Waals surface area contributed by atoms with Crippen molar-refractivity contribution in [2.24, 2.45) is 0 Å². The molecule has 0 spiro atoms. The molecule has 0 saturated heterocycles. The Morgan fingerprint density at radius 2 is 0.691 bits per heavy atom. The maximum Gasteiger partial charge on any atom is 3.00 e. The van der Waals surface area contributed by atoms with Crippen LogP contribution in [-0.2, 0) is 40.2 Å². The molecule has 6 heterocycles. The largest absolute Gasteiger partial charge is 3.00 e. The van der Waals surface area contributed by atoms with E-state index in [1.54, 1.807) is 18.2 Å². The average Bonchev–Trinajstić information content (AvgIpc) is 0.833. The maximum absolute atomic E-state index is 7.29. The number of rotatable bonds is 7. The van der Waals surface area contributed by atoms with Gasteiger partial charge in [-0.25, -0.2) is 0 Å². The standard InChI is InChI=1S/C20H20N.C18H16N.4C12H10N.2Ir/c1-13(2)17-6-5-16-7-8-21-20(19(16)12-17)18-10-14(3)9-15(4)11-18;1-12-4-5-15-6-7-19-18(17(15)11-12)16-9-13(2)8-14(3)10-16;4*1-10-6-5-9-12(13-10)11-7-3-2-4-8-11;;/h5-10,12-13H,1-4H3;4-9,11H,1-3H3;4*2-7,9H,1H3;;/q6*-1;2*+3/i;;1D3;;;;;. The molecule has 0 aliphatic carbocycles. The number of nitrogens with zero attached hydrogens (tertiary/aromatic N) is 6. The van der Waals surface area contributed by atoms with E-state index in [0.29, 0.717) is 11.6 Å². The Kier molecular flexibility index (Phi) is 25.9. The van der Waals surface area contributed by atoms with E-state index in [4.69, 9.17) is 4.11 Å². The van der Waals surface area contributed by atoms with Gasteiger partial charge in [0.05, 0.1) is 0 Å². The first-order chi connectivity index (χ1) is 45.8. The molecule has 0 saturated carbocycles. The molecule has 0 aliphatic heterocycles. The van der Waals surface area contributed by atoms with Crippen LogP contribution in [-0.4, -0.2) is 29.9 Å². The van der Waals surface area contributed by atoms with Crippen molar-refractivity contribution in [2.45, 2.75) is 82.0 Å². The Morgan fingerprint density at radius 3 is 1.03 bits per heavy atom. The molecule has 0 unspecified atom stereocenters. The fourth-order valence-electron chi connectivity index (χ4n) is 10.2. The van der Waals surface area contributed by atoms with E-state index in [9.17, 15) is 0 Å². The number of fused-ring (bicyclic) bond motifs is 2. The average molecular weight is 1580 g/mol. The van der Waals surface area contributed by atoms with Gasteiger partial charge in [0.1, 0.15) is 0 Å². The molecule has 0 amide bonds. The summed E-state index contributed by atoms with van der Waals surface area (Å²) in [6, 6.07) is 99.2. The minimum atomic E-state index is -2.16. The van der Waals surface area contributed by atoms with Gasteiger partial charge in [0.25, 0.3) is 0 Å². The molecular formula is C86H76Ir2N6. The van der Waals surface area contributed by atoms with Crippen LogP contribution >= 0.6 is 0 Å². The molecule has 0 fully saturated rings. The van der Waals surface area contributed by atoms with Crippen molar-refractivity contribution in [3.8, 4) is 67.5 Å². The maximum atomic E-state index is 7.29. The minimum Gasteiger partial charge on any atom is -0.304 e. The minimum absolute atomic E-state index is 0. The fraction of sp³-hybridized carbons (Fsp3) is 0.140. The summed E-state index contributed by atoms with van der Waals surface area (Å²) in [4.78, 5) is 26.6. The summed E-state index contributed by atoms with van der Waals surface area (Å²) in [5, 5.41) is 4.87.